The Morgan fingerprint density at radius 1 is 1.39 bits per heavy atom. The Labute approximate surface area is 151 Å². The molecule has 0 saturated heterocycles. The van der Waals surface area contributed by atoms with Crippen LogP contribution >= 0.6 is 28.1 Å². The van der Waals surface area contributed by atoms with E-state index in [2.05, 4.69) is 59.4 Å². The first kappa shape index (κ1) is 19.4. The van der Waals surface area contributed by atoms with E-state index in [1.54, 1.807) is 6.08 Å². The topological polar surface area (TPSA) is 62.4 Å². The maximum atomic E-state index is 11.7. The van der Waals surface area contributed by atoms with E-state index in [-0.39, 0.29) is 17.9 Å². The third-order valence-corrected chi connectivity index (χ3v) is 3.75. The molecule has 1 aromatic carbocycles. The summed E-state index contributed by atoms with van der Waals surface area (Å²) >= 11 is 8.42. The fourth-order valence-electron chi connectivity index (χ4n) is 1.60. The number of rotatable bonds is 5. The first-order chi connectivity index (χ1) is 10.7. The zero-order valence-electron chi connectivity index (χ0n) is 13.5. The van der Waals surface area contributed by atoms with Gasteiger partial charge in [0.2, 0.25) is 0 Å². The van der Waals surface area contributed by atoms with Gasteiger partial charge in [-0.25, -0.2) is 0 Å². The molecule has 0 aliphatic rings. The standard InChI is InChI=1S/C16H22BrN3O2S/c1-5-8-18-15(23)20-19-14(21)10-22-13-7-6-11(9-12(13)17)16(2,3)4/h5-7,9H,1,8,10H2,2-4H3,(H,19,21)(H2,18,20,23). The zero-order valence-corrected chi connectivity index (χ0v) is 15.9. The van der Waals surface area contributed by atoms with Gasteiger partial charge in [-0.3, -0.25) is 15.6 Å². The van der Waals surface area contributed by atoms with E-state index in [1.807, 2.05) is 18.2 Å². The summed E-state index contributed by atoms with van der Waals surface area (Å²) in [7, 11) is 0. The molecule has 0 bridgehead atoms. The minimum atomic E-state index is -0.334. The molecular weight excluding hydrogens is 378 g/mol. The summed E-state index contributed by atoms with van der Waals surface area (Å²) in [6.07, 6.45) is 1.66. The van der Waals surface area contributed by atoms with Crippen molar-refractivity contribution < 1.29 is 9.53 Å². The maximum absolute atomic E-state index is 11.7. The van der Waals surface area contributed by atoms with Crippen molar-refractivity contribution in [2.45, 2.75) is 26.2 Å². The van der Waals surface area contributed by atoms with Crippen LogP contribution in [0.5, 0.6) is 5.75 Å². The molecule has 23 heavy (non-hydrogen) atoms. The zero-order chi connectivity index (χ0) is 17.5. The highest BCUT2D eigenvalue weighted by Crippen LogP contribution is 2.31. The van der Waals surface area contributed by atoms with Crippen molar-refractivity contribution in [2.75, 3.05) is 13.2 Å². The fourth-order valence-corrected chi connectivity index (χ4v) is 2.23. The Morgan fingerprint density at radius 3 is 2.65 bits per heavy atom. The smallest absolute Gasteiger partial charge is 0.276 e. The van der Waals surface area contributed by atoms with Gasteiger partial charge in [0.15, 0.2) is 11.7 Å². The minimum absolute atomic E-state index is 0.0521. The van der Waals surface area contributed by atoms with E-state index in [4.69, 9.17) is 17.0 Å². The van der Waals surface area contributed by atoms with Crippen LogP contribution in [0.15, 0.2) is 35.3 Å². The number of nitrogens with one attached hydrogen (secondary N) is 3. The summed E-state index contributed by atoms with van der Waals surface area (Å²) in [6, 6.07) is 5.84. The van der Waals surface area contributed by atoms with Crippen LogP contribution in [0.3, 0.4) is 0 Å². The summed E-state index contributed by atoms with van der Waals surface area (Å²) in [5.74, 6) is 0.278. The van der Waals surface area contributed by atoms with E-state index in [0.29, 0.717) is 17.4 Å². The molecule has 1 amide bonds. The Hall–Kier alpha value is -1.60. The van der Waals surface area contributed by atoms with Crippen molar-refractivity contribution in [3.05, 3.63) is 40.9 Å². The van der Waals surface area contributed by atoms with Crippen LogP contribution in [0.4, 0.5) is 0 Å². The second-order valence-electron chi connectivity index (χ2n) is 5.86. The number of thiocarbonyl (C=S) groups is 1. The summed E-state index contributed by atoms with van der Waals surface area (Å²) < 4.78 is 6.31. The van der Waals surface area contributed by atoms with E-state index in [1.165, 1.54) is 5.56 Å². The van der Waals surface area contributed by atoms with Gasteiger partial charge >= 0.3 is 0 Å². The lowest BCUT2D eigenvalue weighted by Gasteiger charge is -2.20. The highest BCUT2D eigenvalue weighted by molar-refractivity contribution is 9.10. The van der Waals surface area contributed by atoms with Gasteiger partial charge in [0.25, 0.3) is 5.91 Å². The molecule has 0 aliphatic heterocycles. The molecule has 5 nitrogen and oxygen atoms in total. The predicted molar refractivity (Wildman–Crippen MR) is 100 cm³/mol. The number of halogens is 1. The van der Waals surface area contributed by atoms with Gasteiger partial charge in [0, 0.05) is 6.54 Å². The van der Waals surface area contributed by atoms with Crippen LogP contribution in [0.1, 0.15) is 26.3 Å². The SMILES string of the molecule is C=CCNC(=S)NNC(=O)COc1ccc(C(C)(C)C)cc1Br. The largest absolute Gasteiger partial charge is 0.483 e. The molecule has 0 atom stereocenters. The molecule has 3 N–H and O–H groups in total. The number of hydrazine groups is 1. The van der Waals surface area contributed by atoms with E-state index < -0.39 is 0 Å². The third kappa shape index (κ3) is 7.00. The Morgan fingerprint density at radius 2 is 2.09 bits per heavy atom. The third-order valence-electron chi connectivity index (χ3n) is 2.88. The lowest BCUT2D eigenvalue weighted by atomic mass is 9.87. The molecule has 126 valence electrons. The van der Waals surface area contributed by atoms with Crippen molar-refractivity contribution in [3.8, 4) is 5.75 Å². The van der Waals surface area contributed by atoms with Crippen molar-refractivity contribution in [1.29, 1.82) is 0 Å². The minimum Gasteiger partial charge on any atom is -0.483 e. The van der Waals surface area contributed by atoms with Crippen LogP contribution < -0.4 is 20.9 Å². The number of hydrogen-bond donors (Lipinski definition) is 3. The fraction of sp³-hybridized carbons (Fsp3) is 0.375. The van der Waals surface area contributed by atoms with Crippen LogP contribution in [0.2, 0.25) is 0 Å². The van der Waals surface area contributed by atoms with Crippen LogP contribution in [0.25, 0.3) is 0 Å². The molecule has 0 aromatic heterocycles. The van der Waals surface area contributed by atoms with Gasteiger partial charge in [0.1, 0.15) is 5.75 Å². The first-order valence-corrected chi connectivity index (χ1v) is 8.30. The molecular formula is C16H22BrN3O2S. The molecule has 0 spiro atoms. The Balaban J connectivity index is 2.47. The molecule has 0 saturated carbocycles. The Kier molecular flexibility index (Phi) is 7.51. The number of carbonyl (C=O) groups is 1. The number of ether oxygens (including phenoxy) is 1. The van der Waals surface area contributed by atoms with Gasteiger partial charge in [-0.1, -0.05) is 32.9 Å². The summed E-state index contributed by atoms with van der Waals surface area (Å²) in [4.78, 5) is 11.7. The maximum Gasteiger partial charge on any atom is 0.276 e. The van der Waals surface area contributed by atoms with Gasteiger partial charge < -0.3 is 10.1 Å². The van der Waals surface area contributed by atoms with Crippen molar-refractivity contribution in [1.82, 2.24) is 16.2 Å². The normalized spacial score (nSPS) is 10.6. The molecule has 1 aromatic rings. The molecule has 1 rings (SSSR count). The highest BCUT2D eigenvalue weighted by Gasteiger charge is 2.15. The molecule has 0 fully saturated rings. The summed E-state index contributed by atoms with van der Waals surface area (Å²) in [5.41, 5.74) is 6.26. The summed E-state index contributed by atoms with van der Waals surface area (Å²) in [5, 5.41) is 3.14. The van der Waals surface area contributed by atoms with Crippen molar-refractivity contribution in [3.63, 3.8) is 0 Å². The second-order valence-corrected chi connectivity index (χ2v) is 7.12. The average Bonchev–Trinajstić information content (AvgIpc) is 2.48. The molecule has 0 radical (unpaired) electrons. The number of hydrogen-bond acceptors (Lipinski definition) is 3. The number of amides is 1. The van der Waals surface area contributed by atoms with Crippen molar-refractivity contribution in [2.24, 2.45) is 0 Å². The molecule has 7 heteroatoms. The van der Waals surface area contributed by atoms with Gasteiger partial charge in [-0.2, -0.15) is 0 Å². The van der Waals surface area contributed by atoms with E-state index in [0.717, 1.165) is 4.47 Å². The summed E-state index contributed by atoms with van der Waals surface area (Å²) in [6.45, 7) is 10.4. The Bertz CT molecular complexity index is 585. The molecule has 0 aliphatic carbocycles. The predicted octanol–water partition coefficient (Wildman–Crippen LogP) is 2.81. The highest BCUT2D eigenvalue weighted by atomic mass is 79.9. The van der Waals surface area contributed by atoms with E-state index >= 15 is 0 Å². The lowest BCUT2D eigenvalue weighted by molar-refractivity contribution is -0.123. The lowest BCUT2D eigenvalue weighted by Crippen LogP contribution is -2.48. The second kappa shape index (κ2) is 8.88. The van der Waals surface area contributed by atoms with Crippen LogP contribution in [0, 0.1) is 0 Å². The van der Waals surface area contributed by atoms with Crippen molar-refractivity contribution >= 4 is 39.2 Å². The quantitative estimate of drug-likeness (QED) is 0.403. The first-order valence-electron chi connectivity index (χ1n) is 7.10. The van der Waals surface area contributed by atoms with Gasteiger partial charge in [-0.05, 0) is 51.3 Å². The monoisotopic (exact) mass is 399 g/mol. The van der Waals surface area contributed by atoms with Crippen LogP contribution in [-0.2, 0) is 10.2 Å². The van der Waals surface area contributed by atoms with Crippen LogP contribution in [-0.4, -0.2) is 24.2 Å². The molecule has 0 heterocycles. The number of benzene rings is 1. The van der Waals surface area contributed by atoms with Gasteiger partial charge in [0.05, 0.1) is 4.47 Å². The molecule has 0 unspecified atom stereocenters. The van der Waals surface area contributed by atoms with Gasteiger partial charge in [-0.15, -0.1) is 6.58 Å². The average molecular weight is 400 g/mol. The van der Waals surface area contributed by atoms with E-state index in [9.17, 15) is 4.79 Å². The number of carbonyl (C=O) groups excluding carboxylic acids is 1.